The van der Waals surface area contributed by atoms with Gasteiger partial charge in [-0.25, -0.2) is 4.79 Å². The van der Waals surface area contributed by atoms with Crippen LogP contribution in [0, 0.1) is 0 Å². The lowest BCUT2D eigenvalue weighted by molar-refractivity contribution is 0.0697. The number of rotatable bonds is 6. The van der Waals surface area contributed by atoms with E-state index in [4.69, 9.17) is 9.52 Å². The van der Waals surface area contributed by atoms with Crippen molar-refractivity contribution in [3.63, 3.8) is 0 Å². The second-order valence-electron chi connectivity index (χ2n) is 5.50. The molecule has 0 saturated heterocycles. The van der Waals surface area contributed by atoms with Gasteiger partial charge in [0.25, 0.3) is 0 Å². The van der Waals surface area contributed by atoms with Crippen molar-refractivity contribution < 1.29 is 14.3 Å². The number of benzene rings is 2. The van der Waals surface area contributed by atoms with Gasteiger partial charge in [0, 0.05) is 21.1 Å². The Hall–Kier alpha value is -1.60. The minimum atomic E-state index is -0.915. The average Bonchev–Trinajstić information content (AvgIpc) is 3.04. The zero-order valence-corrected chi connectivity index (χ0v) is 17.5. The summed E-state index contributed by atoms with van der Waals surface area (Å²) < 4.78 is 7.87. The third-order valence-corrected chi connectivity index (χ3v) is 4.84. The lowest BCUT2D eigenvalue weighted by Crippen LogP contribution is -2.12. The van der Waals surface area contributed by atoms with Gasteiger partial charge in [-0.3, -0.25) is 0 Å². The van der Waals surface area contributed by atoms with E-state index in [9.17, 15) is 4.79 Å². The second kappa shape index (κ2) is 9.37. The van der Waals surface area contributed by atoms with E-state index >= 15 is 0 Å². The zero-order valence-electron chi connectivity index (χ0n) is 13.5. The van der Waals surface area contributed by atoms with E-state index in [2.05, 4.69) is 37.2 Å². The van der Waals surface area contributed by atoms with Crippen LogP contribution in [0.4, 0.5) is 0 Å². The van der Waals surface area contributed by atoms with Gasteiger partial charge in [0.15, 0.2) is 0 Å². The summed E-state index contributed by atoms with van der Waals surface area (Å²) in [6.45, 7) is 1.23. The Labute approximate surface area is 174 Å². The number of hydrogen-bond donors (Lipinski definition) is 2. The number of carbonyl (C=O) groups is 1. The fourth-order valence-corrected chi connectivity index (χ4v) is 3.64. The largest absolute Gasteiger partial charge is 0.478 e. The van der Waals surface area contributed by atoms with Crippen molar-refractivity contribution in [2.75, 3.05) is 0 Å². The van der Waals surface area contributed by atoms with Gasteiger partial charge in [-0.05, 0) is 64.0 Å². The van der Waals surface area contributed by atoms with E-state index < -0.39 is 5.97 Å². The van der Waals surface area contributed by atoms with E-state index in [-0.39, 0.29) is 12.4 Å². The Morgan fingerprint density at radius 1 is 1.00 bits per heavy atom. The molecule has 0 unspecified atom stereocenters. The van der Waals surface area contributed by atoms with Crippen molar-refractivity contribution in [3.8, 4) is 11.3 Å². The summed E-state index contributed by atoms with van der Waals surface area (Å²) in [5.74, 6) is 0.732. The van der Waals surface area contributed by atoms with Crippen molar-refractivity contribution in [1.29, 1.82) is 0 Å². The van der Waals surface area contributed by atoms with E-state index in [1.807, 2.05) is 42.5 Å². The molecule has 7 heteroatoms. The Bertz CT molecular complexity index is 894. The minimum absolute atomic E-state index is 0. The van der Waals surface area contributed by atoms with Gasteiger partial charge in [-0.1, -0.05) is 28.1 Å². The number of halogens is 3. The molecule has 2 N–H and O–H groups in total. The maximum atomic E-state index is 10.8. The molecule has 0 saturated carbocycles. The molecule has 0 atom stereocenters. The van der Waals surface area contributed by atoms with Crippen LogP contribution in [0.1, 0.15) is 21.7 Å². The number of furan rings is 1. The van der Waals surface area contributed by atoms with Crippen LogP contribution >= 0.6 is 44.3 Å². The summed E-state index contributed by atoms with van der Waals surface area (Å²) >= 11 is 6.98. The summed E-state index contributed by atoms with van der Waals surface area (Å²) in [7, 11) is 0. The minimum Gasteiger partial charge on any atom is -0.478 e. The number of nitrogens with one attached hydrogen (secondary N) is 1. The third-order valence-electron chi connectivity index (χ3n) is 3.69. The van der Waals surface area contributed by atoms with Crippen molar-refractivity contribution >= 4 is 50.2 Å². The molecule has 0 fully saturated rings. The summed E-state index contributed by atoms with van der Waals surface area (Å²) in [4.78, 5) is 10.8. The summed E-state index contributed by atoms with van der Waals surface area (Å²) in [6, 6.07) is 16.7. The first-order valence-electron chi connectivity index (χ1n) is 7.60. The highest BCUT2D eigenvalue weighted by Crippen LogP contribution is 2.31. The Morgan fingerprint density at radius 3 is 2.38 bits per heavy atom. The first-order chi connectivity index (χ1) is 12.0. The van der Waals surface area contributed by atoms with Gasteiger partial charge in [-0.2, -0.15) is 0 Å². The van der Waals surface area contributed by atoms with Crippen molar-refractivity contribution in [2.45, 2.75) is 13.1 Å². The molecule has 0 aliphatic carbocycles. The fraction of sp³-hybridized carbons (Fsp3) is 0.105. The number of carboxylic acid groups (broad SMARTS) is 1. The lowest BCUT2D eigenvalue weighted by Gasteiger charge is -2.04. The highest BCUT2D eigenvalue weighted by atomic mass is 79.9. The molecule has 26 heavy (non-hydrogen) atoms. The molecule has 1 aromatic heterocycles. The predicted octanol–water partition coefficient (Wildman–Crippen LogP) is 5.88. The van der Waals surface area contributed by atoms with Gasteiger partial charge in [0.1, 0.15) is 11.5 Å². The summed E-state index contributed by atoms with van der Waals surface area (Å²) in [6.07, 6.45) is 0. The quantitative estimate of drug-likeness (QED) is 0.443. The Kier molecular flexibility index (Phi) is 7.46. The van der Waals surface area contributed by atoms with Crippen LogP contribution in [-0.2, 0) is 13.1 Å². The third kappa shape index (κ3) is 5.20. The van der Waals surface area contributed by atoms with Gasteiger partial charge in [0.05, 0.1) is 12.1 Å². The molecule has 3 aromatic rings. The number of aromatic carboxylic acids is 1. The van der Waals surface area contributed by atoms with Crippen molar-refractivity contribution in [1.82, 2.24) is 5.32 Å². The van der Waals surface area contributed by atoms with Crippen LogP contribution < -0.4 is 5.32 Å². The monoisotopic (exact) mass is 499 g/mol. The molecule has 0 aliphatic heterocycles. The van der Waals surface area contributed by atoms with Gasteiger partial charge < -0.3 is 14.8 Å². The highest BCUT2D eigenvalue weighted by molar-refractivity contribution is 9.11. The molecule has 2 aromatic carbocycles. The van der Waals surface area contributed by atoms with Crippen LogP contribution in [-0.4, -0.2) is 11.1 Å². The van der Waals surface area contributed by atoms with E-state index in [0.29, 0.717) is 18.7 Å². The molecule has 1 heterocycles. The first kappa shape index (κ1) is 20.7. The Morgan fingerprint density at radius 2 is 1.73 bits per heavy atom. The predicted molar refractivity (Wildman–Crippen MR) is 111 cm³/mol. The highest BCUT2D eigenvalue weighted by Gasteiger charge is 2.09. The van der Waals surface area contributed by atoms with Crippen LogP contribution in [0.3, 0.4) is 0 Å². The molecule has 0 amide bonds. The number of carboxylic acids is 1. The van der Waals surface area contributed by atoms with Crippen LogP contribution in [0.15, 0.2) is 68.0 Å². The smallest absolute Gasteiger partial charge is 0.335 e. The van der Waals surface area contributed by atoms with Crippen molar-refractivity contribution in [3.05, 3.63) is 80.4 Å². The summed E-state index contributed by atoms with van der Waals surface area (Å²) in [5, 5.41) is 12.2. The molecule has 4 nitrogen and oxygen atoms in total. The van der Waals surface area contributed by atoms with Crippen LogP contribution in [0.5, 0.6) is 0 Å². The SMILES string of the molecule is Cl.O=C(O)c1ccc(CNCc2ccc(-c3ccc(Br)cc3Br)o2)cc1. The van der Waals surface area contributed by atoms with Gasteiger partial charge in [-0.15, -0.1) is 12.4 Å². The van der Waals surface area contributed by atoms with Crippen LogP contribution in [0.2, 0.25) is 0 Å². The first-order valence-corrected chi connectivity index (χ1v) is 9.18. The Balaban J connectivity index is 0.00000243. The fourth-order valence-electron chi connectivity index (χ4n) is 2.40. The molecule has 136 valence electrons. The average molecular weight is 502 g/mol. The van der Waals surface area contributed by atoms with Gasteiger partial charge in [0.2, 0.25) is 0 Å². The second-order valence-corrected chi connectivity index (χ2v) is 7.27. The molecule has 0 radical (unpaired) electrons. The maximum absolute atomic E-state index is 10.8. The number of hydrogen-bond acceptors (Lipinski definition) is 3. The molecular weight excluding hydrogens is 485 g/mol. The van der Waals surface area contributed by atoms with E-state index in [1.165, 1.54) is 0 Å². The molecular formula is C19H16Br2ClNO3. The van der Waals surface area contributed by atoms with Gasteiger partial charge >= 0.3 is 5.97 Å². The molecule has 0 spiro atoms. The molecule has 0 bridgehead atoms. The molecule has 3 rings (SSSR count). The van der Waals surface area contributed by atoms with E-state index in [0.717, 1.165) is 31.6 Å². The van der Waals surface area contributed by atoms with Crippen LogP contribution in [0.25, 0.3) is 11.3 Å². The van der Waals surface area contributed by atoms with Crippen molar-refractivity contribution in [2.24, 2.45) is 0 Å². The summed E-state index contributed by atoms with van der Waals surface area (Å²) in [5.41, 5.74) is 2.31. The molecule has 0 aliphatic rings. The van der Waals surface area contributed by atoms with E-state index in [1.54, 1.807) is 12.1 Å². The maximum Gasteiger partial charge on any atom is 0.335 e. The topological polar surface area (TPSA) is 62.5 Å². The normalized spacial score (nSPS) is 10.4. The lowest BCUT2D eigenvalue weighted by atomic mass is 10.1. The standard InChI is InChI=1S/C19H15Br2NO3.ClH/c20-14-5-7-16(17(21)9-14)18-8-6-15(25-18)11-22-10-12-1-3-13(4-2-12)19(23)24;/h1-9,22H,10-11H2,(H,23,24);1H. The zero-order chi connectivity index (χ0) is 17.8.